The molecule has 4 rings (SSSR count). The summed E-state index contributed by atoms with van der Waals surface area (Å²) in [5.41, 5.74) is 7.42. The molecule has 2 aliphatic rings. The fourth-order valence-corrected chi connectivity index (χ4v) is 5.15. The Hall–Kier alpha value is -2.48. The molecule has 1 aromatic heterocycles. The van der Waals surface area contributed by atoms with Gasteiger partial charge in [-0.05, 0) is 80.7 Å². The Morgan fingerprint density at radius 1 is 1.13 bits per heavy atom. The molecule has 0 unspecified atom stereocenters. The summed E-state index contributed by atoms with van der Waals surface area (Å²) < 4.78 is 4.80. The Kier molecular flexibility index (Phi) is 6.27. The summed E-state index contributed by atoms with van der Waals surface area (Å²) >= 11 is 1.20. The van der Waals surface area contributed by atoms with Crippen LogP contribution >= 0.6 is 11.9 Å². The van der Waals surface area contributed by atoms with Crippen molar-refractivity contribution in [3.8, 4) is 0 Å². The second kappa shape index (κ2) is 8.94. The number of nitrogens with one attached hydrogen (secondary N) is 2. The van der Waals surface area contributed by atoms with E-state index in [0.717, 1.165) is 49.9 Å². The highest BCUT2D eigenvalue weighted by Gasteiger charge is 2.25. The highest BCUT2D eigenvalue weighted by atomic mass is 32.2. The topological polar surface area (TPSA) is 79.3 Å². The molecule has 0 radical (unpaired) electrons. The molecule has 2 aliphatic carbocycles. The Labute approximate surface area is 188 Å². The maximum absolute atomic E-state index is 12.7. The van der Waals surface area contributed by atoms with Crippen molar-refractivity contribution in [2.24, 2.45) is 0 Å². The summed E-state index contributed by atoms with van der Waals surface area (Å²) in [6.07, 6.45) is 6.62. The van der Waals surface area contributed by atoms with Gasteiger partial charge in [0.1, 0.15) is 5.03 Å². The highest BCUT2D eigenvalue weighted by Crippen LogP contribution is 2.38. The SMILES string of the molecule is CC(=O)N(C)Cc1cc(SNC(=O)Nc2c3c(cc4c2CCC4)CCC3)nn1C(C)C. The number of aromatic nitrogens is 2. The van der Waals surface area contributed by atoms with E-state index in [2.05, 4.69) is 35.1 Å². The monoisotopic (exact) mass is 441 g/mol. The van der Waals surface area contributed by atoms with Crippen LogP contribution in [0, 0.1) is 0 Å². The summed E-state index contributed by atoms with van der Waals surface area (Å²) in [5, 5.41) is 8.47. The van der Waals surface area contributed by atoms with Crippen LogP contribution in [0.5, 0.6) is 0 Å². The van der Waals surface area contributed by atoms with Crippen LogP contribution < -0.4 is 10.0 Å². The first-order valence-electron chi connectivity index (χ1n) is 11.0. The van der Waals surface area contributed by atoms with Crippen LogP contribution in [0.2, 0.25) is 0 Å². The van der Waals surface area contributed by atoms with E-state index in [-0.39, 0.29) is 18.0 Å². The van der Waals surface area contributed by atoms with E-state index < -0.39 is 0 Å². The molecule has 166 valence electrons. The van der Waals surface area contributed by atoms with Crippen LogP contribution in [0.3, 0.4) is 0 Å². The quantitative estimate of drug-likeness (QED) is 0.657. The highest BCUT2D eigenvalue weighted by molar-refractivity contribution is 7.97. The van der Waals surface area contributed by atoms with Gasteiger partial charge in [-0.2, -0.15) is 5.10 Å². The molecule has 7 nitrogen and oxygen atoms in total. The Balaban J connectivity index is 1.45. The van der Waals surface area contributed by atoms with E-state index in [1.807, 2.05) is 10.7 Å². The van der Waals surface area contributed by atoms with Crippen LogP contribution in [0.4, 0.5) is 10.5 Å². The third-order valence-corrected chi connectivity index (χ3v) is 6.87. The van der Waals surface area contributed by atoms with Gasteiger partial charge in [0.2, 0.25) is 5.91 Å². The van der Waals surface area contributed by atoms with Crippen molar-refractivity contribution in [1.82, 2.24) is 19.4 Å². The first kappa shape index (κ1) is 21.7. The molecule has 0 spiro atoms. The van der Waals surface area contributed by atoms with E-state index in [0.29, 0.717) is 11.6 Å². The zero-order valence-electron chi connectivity index (χ0n) is 18.7. The Morgan fingerprint density at radius 2 is 1.77 bits per heavy atom. The van der Waals surface area contributed by atoms with E-state index in [1.54, 1.807) is 18.9 Å². The van der Waals surface area contributed by atoms with Crippen molar-refractivity contribution in [1.29, 1.82) is 0 Å². The maximum atomic E-state index is 12.7. The van der Waals surface area contributed by atoms with Gasteiger partial charge in [-0.15, -0.1) is 0 Å². The Bertz CT molecular complexity index is 982. The first-order valence-corrected chi connectivity index (χ1v) is 11.9. The fraction of sp³-hybridized carbons (Fsp3) is 0.522. The van der Waals surface area contributed by atoms with Gasteiger partial charge in [-0.3, -0.25) is 14.2 Å². The summed E-state index contributed by atoms with van der Waals surface area (Å²) in [5.74, 6) is 0.00568. The zero-order chi connectivity index (χ0) is 22.1. The van der Waals surface area contributed by atoms with Crippen molar-refractivity contribution in [3.63, 3.8) is 0 Å². The third kappa shape index (κ3) is 4.59. The molecule has 2 N–H and O–H groups in total. The number of fused-ring (bicyclic) bond motifs is 2. The molecule has 0 saturated heterocycles. The lowest BCUT2D eigenvalue weighted by atomic mass is 9.99. The van der Waals surface area contributed by atoms with E-state index in [4.69, 9.17) is 0 Å². The van der Waals surface area contributed by atoms with Crippen LogP contribution in [-0.4, -0.2) is 33.7 Å². The van der Waals surface area contributed by atoms with Crippen LogP contribution in [0.25, 0.3) is 0 Å². The summed E-state index contributed by atoms with van der Waals surface area (Å²) in [6, 6.07) is 4.23. The minimum Gasteiger partial charge on any atom is -0.340 e. The van der Waals surface area contributed by atoms with Crippen molar-refractivity contribution < 1.29 is 9.59 Å². The summed E-state index contributed by atoms with van der Waals surface area (Å²) in [7, 11) is 1.77. The van der Waals surface area contributed by atoms with Crippen LogP contribution in [-0.2, 0) is 37.0 Å². The fourth-order valence-electron chi connectivity index (χ4n) is 4.58. The van der Waals surface area contributed by atoms with Crippen LogP contribution in [0.1, 0.15) is 67.6 Å². The van der Waals surface area contributed by atoms with Gasteiger partial charge in [-0.1, -0.05) is 6.07 Å². The maximum Gasteiger partial charge on any atom is 0.329 e. The van der Waals surface area contributed by atoms with Crippen molar-refractivity contribution >= 4 is 29.6 Å². The largest absolute Gasteiger partial charge is 0.340 e. The third-order valence-electron chi connectivity index (χ3n) is 6.18. The molecular weight excluding hydrogens is 410 g/mol. The lowest BCUT2D eigenvalue weighted by molar-refractivity contribution is -0.128. The van der Waals surface area contributed by atoms with Gasteiger partial charge in [0.05, 0.1) is 12.2 Å². The van der Waals surface area contributed by atoms with Gasteiger partial charge in [-0.25, -0.2) is 4.79 Å². The molecule has 0 bridgehead atoms. The van der Waals surface area contributed by atoms with Gasteiger partial charge in [0.15, 0.2) is 0 Å². The van der Waals surface area contributed by atoms with Crippen molar-refractivity contribution in [2.45, 2.75) is 76.9 Å². The van der Waals surface area contributed by atoms with Gasteiger partial charge in [0, 0.05) is 37.6 Å². The minimum atomic E-state index is -0.221. The molecule has 0 atom stereocenters. The molecule has 0 fully saturated rings. The molecule has 1 aromatic carbocycles. The van der Waals surface area contributed by atoms with Gasteiger partial charge in [0.25, 0.3) is 0 Å². The number of carbonyl (C=O) groups excluding carboxylic acids is 2. The van der Waals surface area contributed by atoms with Crippen LogP contribution in [0.15, 0.2) is 17.2 Å². The molecule has 0 aliphatic heterocycles. The molecule has 3 amide bonds. The lowest BCUT2D eigenvalue weighted by Gasteiger charge is -2.17. The number of rotatable bonds is 6. The zero-order valence-corrected chi connectivity index (χ0v) is 19.6. The van der Waals surface area contributed by atoms with Crippen molar-refractivity contribution in [3.05, 3.63) is 40.1 Å². The number of carbonyl (C=O) groups is 2. The van der Waals surface area contributed by atoms with Gasteiger partial charge >= 0.3 is 6.03 Å². The average Bonchev–Trinajstić information content (AvgIpc) is 3.45. The molecular formula is C23H31N5O2S. The number of urea groups is 1. The number of benzene rings is 1. The van der Waals surface area contributed by atoms with Crippen molar-refractivity contribution in [2.75, 3.05) is 12.4 Å². The first-order chi connectivity index (χ1) is 14.8. The number of aryl methyl sites for hydroxylation is 2. The Morgan fingerprint density at radius 3 is 2.35 bits per heavy atom. The number of hydrogen-bond acceptors (Lipinski definition) is 4. The predicted octanol–water partition coefficient (Wildman–Crippen LogP) is 4.25. The normalized spacial score (nSPS) is 14.5. The molecule has 0 saturated carbocycles. The predicted molar refractivity (Wildman–Crippen MR) is 123 cm³/mol. The summed E-state index contributed by atoms with van der Waals surface area (Å²) in [6.45, 7) is 6.13. The number of nitrogens with zero attached hydrogens (tertiary/aromatic N) is 3. The number of amides is 3. The van der Waals surface area contributed by atoms with E-state index >= 15 is 0 Å². The molecule has 2 aromatic rings. The smallest absolute Gasteiger partial charge is 0.329 e. The summed E-state index contributed by atoms with van der Waals surface area (Å²) in [4.78, 5) is 26.0. The molecule has 8 heteroatoms. The van der Waals surface area contributed by atoms with E-state index in [9.17, 15) is 9.59 Å². The lowest BCUT2D eigenvalue weighted by Crippen LogP contribution is -2.25. The second-order valence-corrected chi connectivity index (χ2v) is 9.61. The molecule has 31 heavy (non-hydrogen) atoms. The van der Waals surface area contributed by atoms with Gasteiger partial charge < -0.3 is 10.2 Å². The molecule has 1 heterocycles. The number of anilines is 1. The second-order valence-electron chi connectivity index (χ2n) is 8.78. The minimum absolute atomic E-state index is 0.00568. The van der Waals surface area contributed by atoms with E-state index in [1.165, 1.54) is 34.2 Å². The average molecular weight is 442 g/mol. The standard InChI is InChI=1S/C23H31N5O2S/c1-14(2)28-18(13-27(4)15(3)29)12-21(25-28)31-26-23(30)24-22-19-9-5-7-16(19)11-17-8-6-10-20(17)22/h11-12,14H,5-10,13H2,1-4H3,(H2,24,26,30). The number of hydrogen-bond donors (Lipinski definition) is 2.